The maximum atomic E-state index is 14.6. The zero-order chi connectivity index (χ0) is 22.2. The third kappa shape index (κ3) is 5.69. The van der Waals surface area contributed by atoms with E-state index in [1.165, 1.54) is 6.07 Å². The second-order valence-electron chi connectivity index (χ2n) is 6.96. The molecule has 2 aromatic carbocycles. The van der Waals surface area contributed by atoms with E-state index in [2.05, 4.69) is 20.8 Å². The summed E-state index contributed by atoms with van der Waals surface area (Å²) in [6.45, 7) is 0.278. The summed E-state index contributed by atoms with van der Waals surface area (Å²) >= 11 is 0. The summed E-state index contributed by atoms with van der Waals surface area (Å²) in [7, 11) is 3.36. The van der Waals surface area contributed by atoms with Gasteiger partial charge in [-0.3, -0.25) is 9.79 Å². The summed E-state index contributed by atoms with van der Waals surface area (Å²) in [5.41, 5.74) is 3.21. The zero-order valence-electron chi connectivity index (χ0n) is 17.5. The van der Waals surface area contributed by atoms with Crippen LogP contribution in [0, 0.1) is 5.82 Å². The van der Waals surface area contributed by atoms with Crippen LogP contribution in [0.25, 0.3) is 11.1 Å². The molecule has 8 heteroatoms. The second kappa shape index (κ2) is 10.4. The van der Waals surface area contributed by atoms with Crippen molar-refractivity contribution in [2.24, 2.45) is 4.99 Å². The molecule has 31 heavy (non-hydrogen) atoms. The maximum absolute atomic E-state index is 14.6. The van der Waals surface area contributed by atoms with Gasteiger partial charge in [0.25, 0.3) is 0 Å². The molecule has 1 aromatic heterocycles. The lowest BCUT2D eigenvalue weighted by Crippen LogP contribution is -2.34. The minimum absolute atomic E-state index is 0.199. The molecule has 3 aromatic rings. The van der Waals surface area contributed by atoms with E-state index in [-0.39, 0.29) is 18.8 Å². The van der Waals surface area contributed by atoms with Gasteiger partial charge in [0, 0.05) is 31.6 Å². The molecule has 0 bridgehead atoms. The van der Waals surface area contributed by atoms with Gasteiger partial charge in [0.2, 0.25) is 0 Å². The smallest absolute Gasteiger partial charge is 0.308 e. The summed E-state index contributed by atoms with van der Waals surface area (Å²) in [6.07, 6.45) is 0.717. The average molecular weight is 424 g/mol. The molecule has 0 fully saturated rings. The highest BCUT2D eigenvalue weighted by Gasteiger charge is 2.19. The first kappa shape index (κ1) is 22.0. The number of carboxylic acids is 1. The number of carbonyl (C=O) groups is 1. The fourth-order valence-electron chi connectivity index (χ4n) is 3.34. The zero-order valence-corrected chi connectivity index (χ0v) is 17.5. The van der Waals surface area contributed by atoms with Gasteiger partial charge < -0.3 is 20.3 Å². The quantitative estimate of drug-likeness (QED) is 0.379. The molecule has 3 rings (SSSR count). The van der Waals surface area contributed by atoms with Gasteiger partial charge in [0.1, 0.15) is 17.3 Å². The van der Waals surface area contributed by atoms with Gasteiger partial charge >= 0.3 is 5.97 Å². The number of hydrogen-bond acceptors (Lipinski definition) is 4. The normalized spacial score (nSPS) is 11.4. The second-order valence-corrected chi connectivity index (χ2v) is 6.96. The molecular formula is C23H25FN4O3. The molecule has 0 aliphatic rings. The van der Waals surface area contributed by atoms with Crippen LogP contribution in [0.4, 0.5) is 4.39 Å². The van der Waals surface area contributed by atoms with Gasteiger partial charge in [-0.1, -0.05) is 47.6 Å². The Morgan fingerprint density at radius 2 is 1.97 bits per heavy atom. The molecule has 0 aliphatic carbocycles. The van der Waals surface area contributed by atoms with Gasteiger partial charge in [0.05, 0.1) is 13.0 Å². The SMILES string of the molecule is CN=C(NC)NCc1noc(CCc2ccc(-c3ccccc3)c(F)c2)c1CC(=O)O. The van der Waals surface area contributed by atoms with Crippen LogP contribution in [0.3, 0.4) is 0 Å². The Labute approximate surface area is 180 Å². The molecular weight excluding hydrogens is 399 g/mol. The third-order valence-corrected chi connectivity index (χ3v) is 4.92. The largest absolute Gasteiger partial charge is 0.481 e. The molecule has 0 unspecified atom stereocenters. The number of aliphatic imine (C=N–C) groups is 1. The highest BCUT2D eigenvalue weighted by atomic mass is 19.1. The number of nitrogens with one attached hydrogen (secondary N) is 2. The molecule has 0 amide bonds. The van der Waals surface area contributed by atoms with Crippen molar-refractivity contribution in [1.29, 1.82) is 0 Å². The molecule has 0 aliphatic heterocycles. The maximum Gasteiger partial charge on any atom is 0.308 e. The summed E-state index contributed by atoms with van der Waals surface area (Å²) in [5, 5.41) is 19.2. The van der Waals surface area contributed by atoms with Crippen LogP contribution in [-0.2, 0) is 30.6 Å². The number of aromatic nitrogens is 1. The fourth-order valence-corrected chi connectivity index (χ4v) is 3.34. The van der Waals surface area contributed by atoms with Gasteiger partial charge in [-0.25, -0.2) is 4.39 Å². The molecule has 1 heterocycles. The highest BCUT2D eigenvalue weighted by molar-refractivity contribution is 5.79. The van der Waals surface area contributed by atoms with E-state index in [0.717, 1.165) is 11.1 Å². The van der Waals surface area contributed by atoms with Crippen molar-refractivity contribution >= 4 is 11.9 Å². The lowest BCUT2D eigenvalue weighted by Gasteiger charge is -2.08. The van der Waals surface area contributed by atoms with E-state index >= 15 is 0 Å². The van der Waals surface area contributed by atoms with E-state index in [4.69, 9.17) is 4.52 Å². The number of nitrogens with zero attached hydrogens (tertiary/aromatic N) is 2. The van der Waals surface area contributed by atoms with Gasteiger partial charge in [-0.05, 0) is 23.6 Å². The molecule has 7 nitrogen and oxygen atoms in total. The molecule has 3 N–H and O–H groups in total. The number of benzene rings is 2. The van der Waals surface area contributed by atoms with E-state index in [1.54, 1.807) is 20.2 Å². The lowest BCUT2D eigenvalue weighted by atomic mass is 9.99. The molecule has 0 saturated carbocycles. The van der Waals surface area contributed by atoms with Crippen LogP contribution in [-0.4, -0.2) is 36.3 Å². The molecule has 0 atom stereocenters. The Bertz CT molecular complexity index is 1060. The Balaban J connectivity index is 1.73. The standard InChI is InChI=1S/C23H25FN4O3/c1-25-23(26-2)27-14-20-18(13-22(29)30)21(31-28-20)11-9-15-8-10-17(19(24)12-15)16-6-4-3-5-7-16/h3-8,10,12H,9,11,13-14H2,1-2H3,(H,29,30)(H2,25,26,27). The monoisotopic (exact) mass is 424 g/mol. The van der Waals surface area contributed by atoms with Crippen molar-refractivity contribution < 1.29 is 18.8 Å². The topological polar surface area (TPSA) is 99.8 Å². The van der Waals surface area contributed by atoms with Crippen LogP contribution >= 0.6 is 0 Å². The number of halogens is 1. The van der Waals surface area contributed by atoms with Crippen LogP contribution in [0.5, 0.6) is 0 Å². The van der Waals surface area contributed by atoms with Crippen molar-refractivity contribution in [2.45, 2.75) is 25.8 Å². The van der Waals surface area contributed by atoms with Gasteiger partial charge in [-0.15, -0.1) is 0 Å². The fraction of sp³-hybridized carbons (Fsp3) is 0.261. The predicted molar refractivity (Wildman–Crippen MR) is 116 cm³/mol. The third-order valence-electron chi connectivity index (χ3n) is 4.92. The van der Waals surface area contributed by atoms with Gasteiger partial charge in [-0.2, -0.15) is 0 Å². The first-order valence-corrected chi connectivity index (χ1v) is 9.92. The molecule has 0 radical (unpaired) electrons. The number of hydrogen-bond donors (Lipinski definition) is 3. The Morgan fingerprint density at radius 3 is 2.61 bits per heavy atom. The number of aryl methyl sites for hydroxylation is 2. The Hall–Kier alpha value is -3.68. The van der Waals surface area contributed by atoms with Crippen LogP contribution in [0.1, 0.15) is 22.6 Å². The van der Waals surface area contributed by atoms with Crippen LogP contribution in [0.15, 0.2) is 58.0 Å². The molecule has 0 spiro atoms. The minimum Gasteiger partial charge on any atom is -0.481 e. The van der Waals surface area contributed by atoms with E-state index in [1.807, 2.05) is 36.4 Å². The number of guanidine groups is 1. The van der Waals surface area contributed by atoms with Crippen molar-refractivity contribution in [3.63, 3.8) is 0 Å². The lowest BCUT2D eigenvalue weighted by molar-refractivity contribution is -0.136. The Kier molecular flexibility index (Phi) is 7.37. The molecule has 162 valence electrons. The first-order chi connectivity index (χ1) is 15.0. The minimum atomic E-state index is -0.970. The summed E-state index contributed by atoms with van der Waals surface area (Å²) in [5.74, 6) is -0.219. The number of rotatable bonds is 8. The van der Waals surface area contributed by atoms with Gasteiger partial charge in [0.15, 0.2) is 5.96 Å². The molecule has 0 saturated heterocycles. The van der Waals surface area contributed by atoms with Crippen molar-refractivity contribution in [2.75, 3.05) is 14.1 Å². The average Bonchev–Trinajstić information content (AvgIpc) is 3.14. The first-order valence-electron chi connectivity index (χ1n) is 9.92. The number of aliphatic carboxylic acids is 1. The number of carboxylic acid groups (broad SMARTS) is 1. The predicted octanol–water partition coefficient (Wildman–Crippen LogP) is 3.19. The van der Waals surface area contributed by atoms with Crippen molar-refractivity contribution in [3.8, 4) is 11.1 Å². The van der Waals surface area contributed by atoms with Crippen molar-refractivity contribution in [1.82, 2.24) is 15.8 Å². The van der Waals surface area contributed by atoms with E-state index < -0.39 is 5.97 Å². The Morgan fingerprint density at radius 1 is 1.19 bits per heavy atom. The van der Waals surface area contributed by atoms with Crippen molar-refractivity contribution in [3.05, 3.63) is 76.9 Å². The summed E-state index contributed by atoms with van der Waals surface area (Å²) in [4.78, 5) is 15.4. The highest BCUT2D eigenvalue weighted by Crippen LogP contribution is 2.24. The van der Waals surface area contributed by atoms with E-state index in [0.29, 0.717) is 41.4 Å². The van der Waals surface area contributed by atoms with E-state index in [9.17, 15) is 14.3 Å². The van der Waals surface area contributed by atoms with Crippen LogP contribution < -0.4 is 10.6 Å². The van der Waals surface area contributed by atoms with Crippen LogP contribution in [0.2, 0.25) is 0 Å². The summed E-state index contributed by atoms with van der Waals surface area (Å²) in [6, 6.07) is 14.5. The summed E-state index contributed by atoms with van der Waals surface area (Å²) < 4.78 is 20.1.